The smallest absolute Gasteiger partial charge is 0.416 e. The molecule has 1 N–H and O–H groups in total. The molecule has 188 valence electrons. The summed E-state index contributed by atoms with van der Waals surface area (Å²) >= 11 is 0. The van der Waals surface area contributed by atoms with Gasteiger partial charge in [0.05, 0.1) is 29.2 Å². The zero-order valence-electron chi connectivity index (χ0n) is 19.7. The molecule has 37 heavy (non-hydrogen) atoms. The van der Waals surface area contributed by atoms with Crippen molar-refractivity contribution in [2.75, 3.05) is 21.7 Å². The maximum Gasteiger partial charge on any atom is 0.416 e. The maximum atomic E-state index is 13.7. The van der Waals surface area contributed by atoms with E-state index in [0.29, 0.717) is 28.5 Å². The summed E-state index contributed by atoms with van der Waals surface area (Å²) in [6.45, 7) is 2.82. The number of alkyl halides is 3. The van der Waals surface area contributed by atoms with Crippen molar-refractivity contribution in [3.8, 4) is 22.6 Å². The van der Waals surface area contributed by atoms with Gasteiger partial charge in [-0.05, 0) is 49.7 Å². The molecular formula is C27H22F3N5O2. The van der Waals surface area contributed by atoms with E-state index in [2.05, 4.69) is 22.1 Å². The van der Waals surface area contributed by atoms with E-state index >= 15 is 0 Å². The Morgan fingerprint density at radius 3 is 2.68 bits per heavy atom. The lowest BCUT2D eigenvalue weighted by molar-refractivity contribution is -0.137. The predicted molar refractivity (Wildman–Crippen MR) is 133 cm³/mol. The van der Waals surface area contributed by atoms with E-state index < -0.39 is 11.7 Å². The zero-order chi connectivity index (χ0) is 25.7. The van der Waals surface area contributed by atoms with Crippen molar-refractivity contribution >= 4 is 23.2 Å². The second kappa shape index (κ2) is 8.65. The first-order valence-electron chi connectivity index (χ1n) is 11.8. The Morgan fingerprint density at radius 2 is 1.89 bits per heavy atom. The van der Waals surface area contributed by atoms with E-state index in [-0.39, 0.29) is 18.1 Å². The molecule has 2 aliphatic rings. The molecule has 7 nitrogen and oxygen atoms in total. The van der Waals surface area contributed by atoms with Gasteiger partial charge in [0.25, 0.3) is 0 Å². The van der Waals surface area contributed by atoms with Crippen molar-refractivity contribution in [2.24, 2.45) is 0 Å². The van der Waals surface area contributed by atoms with Gasteiger partial charge in [-0.3, -0.25) is 4.90 Å². The molecule has 2 aliphatic heterocycles. The highest BCUT2D eigenvalue weighted by atomic mass is 19.4. The number of benzene rings is 2. The number of urea groups is 1. The third-order valence-corrected chi connectivity index (χ3v) is 6.97. The SMILES string of the molecule is C[C@@H]1[C@H]2CCN1c1ccc(-c3cccc(C(F)(F)F)c3)nc1N2C(=O)Nc1cccc(-c2cnco2)c1. The van der Waals surface area contributed by atoms with Gasteiger partial charge in [0.2, 0.25) is 0 Å². The minimum Gasteiger partial charge on any atom is -0.444 e. The van der Waals surface area contributed by atoms with Crippen molar-refractivity contribution in [1.82, 2.24) is 9.97 Å². The predicted octanol–water partition coefficient (Wildman–Crippen LogP) is 6.44. The van der Waals surface area contributed by atoms with Gasteiger partial charge in [-0.25, -0.2) is 14.8 Å². The van der Waals surface area contributed by atoms with Crippen LogP contribution in [0.15, 0.2) is 77.7 Å². The molecule has 0 unspecified atom stereocenters. The molecule has 2 amide bonds. The normalized spacial score (nSPS) is 18.6. The molecule has 10 heteroatoms. The van der Waals surface area contributed by atoms with Crippen molar-refractivity contribution in [2.45, 2.75) is 31.6 Å². The molecule has 1 fully saturated rings. The minimum absolute atomic E-state index is 0.0694. The third-order valence-electron chi connectivity index (χ3n) is 6.97. The van der Waals surface area contributed by atoms with Crippen LogP contribution in [0.2, 0.25) is 0 Å². The summed E-state index contributed by atoms with van der Waals surface area (Å²) in [4.78, 5) is 26.2. The van der Waals surface area contributed by atoms with Crippen molar-refractivity contribution in [3.05, 3.63) is 78.8 Å². The summed E-state index contributed by atoms with van der Waals surface area (Å²) in [5, 5.41) is 2.96. The standard InChI is InChI=1S/C27H22F3N5O2/c1-16-22-10-11-34(16)23-9-8-21(17-4-2-6-19(12-17)27(28,29)30)33-25(23)35(22)26(36)32-20-7-3-5-18(13-20)24-14-31-15-37-24/h2-9,12-16,22H,10-11H2,1H3,(H,32,36)/t16-,22-/m1/s1. The van der Waals surface area contributed by atoms with Crippen LogP contribution in [0.4, 0.5) is 35.2 Å². The van der Waals surface area contributed by atoms with E-state index in [9.17, 15) is 18.0 Å². The molecule has 4 heterocycles. The lowest BCUT2D eigenvalue weighted by Gasteiger charge is -2.40. The number of oxazole rings is 1. The van der Waals surface area contributed by atoms with Crippen LogP contribution in [0.3, 0.4) is 0 Å². The number of carbonyl (C=O) groups is 1. The third kappa shape index (κ3) is 4.08. The van der Waals surface area contributed by atoms with Crippen LogP contribution in [0.1, 0.15) is 18.9 Å². The molecule has 2 aromatic heterocycles. The number of carbonyl (C=O) groups excluding carboxylic acids is 1. The second-order valence-electron chi connectivity index (χ2n) is 9.15. The van der Waals surface area contributed by atoms with Crippen LogP contribution in [0, 0.1) is 0 Å². The fourth-order valence-corrected chi connectivity index (χ4v) is 5.16. The van der Waals surface area contributed by atoms with Gasteiger partial charge >= 0.3 is 12.2 Å². The van der Waals surface area contributed by atoms with Gasteiger partial charge in [0, 0.05) is 29.4 Å². The fraction of sp³-hybridized carbons (Fsp3) is 0.222. The van der Waals surface area contributed by atoms with Crippen molar-refractivity contribution in [3.63, 3.8) is 0 Å². The van der Waals surface area contributed by atoms with Gasteiger partial charge in [-0.1, -0.05) is 24.3 Å². The Bertz CT molecular complexity index is 1470. The summed E-state index contributed by atoms with van der Waals surface area (Å²) < 4.78 is 45.3. The molecule has 0 saturated carbocycles. The lowest BCUT2D eigenvalue weighted by Crippen LogP contribution is -2.52. The van der Waals surface area contributed by atoms with Crippen LogP contribution >= 0.6 is 0 Å². The Kier molecular flexibility index (Phi) is 5.40. The van der Waals surface area contributed by atoms with E-state index in [4.69, 9.17) is 9.40 Å². The number of nitrogens with one attached hydrogen (secondary N) is 1. The number of aromatic nitrogens is 2. The first-order valence-corrected chi connectivity index (χ1v) is 11.8. The van der Waals surface area contributed by atoms with Gasteiger partial charge in [-0.2, -0.15) is 13.2 Å². The number of anilines is 3. The number of nitrogens with zero attached hydrogens (tertiary/aromatic N) is 4. The van der Waals surface area contributed by atoms with Crippen LogP contribution in [-0.4, -0.2) is 34.6 Å². The number of hydrogen-bond donors (Lipinski definition) is 1. The van der Waals surface area contributed by atoms with Crippen LogP contribution in [0.5, 0.6) is 0 Å². The summed E-state index contributed by atoms with van der Waals surface area (Å²) in [7, 11) is 0. The molecule has 6 rings (SSSR count). The first kappa shape index (κ1) is 23.1. The number of fused-ring (bicyclic) bond motifs is 4. The highest BCUT2D eigenvalue weighted by Gasteiger charge is 2.45. The molecule has 1 saturated heterocycles. The minimum atomic E-state index is -4.46. The highest BCUT2D eigenvalue weighted by Crippen LogP contribution is 2.43. The van der Waals surface area contributed by atoms with Crippen LogP contribution in [0.25, 0.3) is 22.6 Å². The summed E-state index contributed by atoms with van der Waals surface area (Å²) in [5.41, 5.74) is 2.07. The summed E-state index contributed by atoms with van der Waals surface area (Å²) in [5.74, 6) is 1.01. The Balaban J connectivity index is 1.36. The van der Waals surface area contributed by atoms with Crippen LogP contribution in [-0.2, 0) is 6.18 Å². The van der Waals surface area contributed by atoms with Crippen LogP contribution < -0.4 is 15.1 Å². The average molecular weight is 506 g/mol. The first-order chi connectivity index (χ1) is 17.8. The molecular weight excluding hydrogens is 483 g/mol. The number of amides is 2. The molecule has 0 aliphatic carbocycles. The molecule has 2 aromatic carbocycles. The largest absolute Gasteiger partial charge is 0.444 e. The highest BCUT2D eigenvalue weighted by molar-refractivity contribution is 6.05. The van der Waals surface area contributed by atoms with Gasteiger partial charge < -0.3 is 14.6 Å². The second-order valence-corrected chi connectivity index (χ2v) is 9.15. The van der Waals surface area contributed by atoms with E-state index in [1.165, 1.54) is 12.5 Å². The summed E-state index contributed by atoms with van der Waals surface area (Å²) in [6.07, 6.45) is -0.777. The van der Waals surface area contributed by atoms with Crippen molar-refractivity contribution < 1.29 is 22.4 Å². The molecule has 2 atom stereocenters. The molecule has 2 bridgehead atoms. The molecule has 4 aromatic rings. The Morgan fingerprint density at radius 1 is 1.08 bits per heavy atom. The average Bonchev–Trinajstić information content (AvgIpc) is 3.51. The zero-order valence-corrected chi connectivity index (χ0v) is 19.7. The van der Waals surface area contributed by atoms with Gasteiger partial charge in [0.1, 0.15) is 0 Å². The maximum absolute atomic E-state index is 13.7. The quantitative estimate of drug-likeness (QED) is 0.347. The van der Waals surface area contributed by atoms with E-state index in [1.807, 2.05) is 18.2 Å². The number of rotatable bonds is 3. The van der Waals surface area contributed by atoms with E-state index in [0.717, 1.165) is 36.3 Å². The van der Waals surface area contributed by atoms with Crippen molar-refractivity contribution in [1.29, 1.82) is 0 Å². The summed E-state index contributed by atoms with van der Waals surface area (Å²) in [6, 6.07) is 15.4. The number of halogens is 3. The monoisotopic (exact) mass is 505 g/mol. The Labute approximate surface area is 210 Å². The number of hydrogen-bond acceptors (Lipinski definition) is 5. The Hall–Kier alpha value is -4.34. The van der Waals surface area contributed by atoms with E-state index in [1.54, 1.807) is 35.4 Å². The topological polar surface area (TPSA) is 74.5 Å². The molecule has 0 spiro atoms. The van der Waals surface area contributed by atoms with Gasteiger partial charge in [-0.15, -0.1) is 0 Å². The lowest BCUT2D eigenvalue weighted by atomic mass is 10.0. The number of pyridine rings is 1. The van der Waals surface area contributed by atoms with Gasteiger partial charge in [0.15, 0.2) is 18.0 Å². The fourth-order valence-electron chi connectivity index (χ4n) is 5.16. The molecule has 0 radical (unpaired) electrons.